The van der Waals surface area contributed by atoms with E-state index in [2.05, 4.69) is 6.92 Å². The molecule has 0 atom stereocenters. The summed E-state index contributed by atoms with van der Waals surface area (Å²) in [6.45, 7) is 4.15. The number of carbonyl (C=O) groups excluding carboxylic acids is 2. The Balaban J connectivity index is 1.81. The van der Waals surface area contributed by atoms with Crippen molar-refractivity contribution in [1.29, 1.82) is 0 Å². The maximum atomic E-state index is 11.7. The third-order valence-electron chi connectivity index (χ3n) is 4.32. The van der Waals surface area contributed by atoms with E-state index in [4.69, 9.17) is 18.9 Å². The molecule has 0 heterocycles. The molecule has 6 heteroatoms. The number of hydrogen-bond acceptors (Lipinski definition) is 6. The molecule has 1 aromatic rings. The Bertz CT molecular complexity index is 531. The summed E-state index contributed by atoms with van der Waals surface area (Å²) in [4.78, 5) is 23.3. The summed E-state index contributed by atoms with van der Waals surface area (Å²) in [7, 11) is 0. The Morgan fingerprint density at radius 3 is 1.90 bits per heavy atom. The van der Waals surface area contributed by atoms with Gasteiger partial charge >= 0.3 is 11.9 Å². The Morgan fingerprint density at radius 2 is 1.24 bits per heavy atom. The maximum absolute atomic E-state index is 11.7. The van der Waals surface area contributed by atoms with Gasteiger partial charge < -0.3 is 18.9 Å². The summed E-state index contributed by atoms with van der Waals surface area (Å²) in [5.74, 6) is -0.512. The first-order chi connectivity index (χ1) is 14.2. The fourth-order valence-corrected chi connectivity index (χ4v) is 2.69. The van der Waals surface area contributed by atoms with E-state index >= 15 is 0 Å². The number of rotatable bonds is 18. The highest BCUT2D eigenvalue weighted by atomic mass is 16.6. The zero-order valence-electron chi connectivity index (χ0n) is 17.7. The van der Waals surface area contributed by atoms with Crippen LogP contribution in [0.3, 0.4) is 0 Å². The second-order valence-electron chi connectivity index (χ2n) is 6.82. The molecule has 0 saturated carbocycles. The van der Waals surface area contributed by atoms with Crippen molar-refractivity contribution in [1.82, 2.24) is 0 Å². The van der Waals surface area contributed by atoms with E-state index in [-0.39, 0.29) is 25.2 Å². The van der Waals surface area contributed by atoms with Crippen molar-refractivity contribution in [3.63, 3.8) is 0 Å². The minimum atomic E-state index is -0.358. The SMILES string of the molecule is CCCCCCCCCC(=O)OCCOCCOCCOC(=O)c1ccccc1. The molecular weight excluding hydrogens is 372 g/mol. The van der Waals surface area contributed by atoms with Crippen molar-refractivity contribution in [2.75, 3.05) is 39.6 Å². The molecule has 0 N–H and O–H groups in total. The molecule has 164 valence electrons. The monoisotopic (exact) mass is 408 g/mol. The summed E-state index contributed by atoms with van der Waals surface area (Å²) >= 11 is 0. The van der Waals surface area contributed by atoms with E-state index in [0.29, 0.717) is 38.4 Å². The highest BCUT2D eigenvalue weighted by molar-refractivity contribution is 5.89. The van der Waals surface area contributed by atoms with Crippen LogP contribution in [0, 0.1) is 0 Å². The predicted octanol–water partition coefficient (Wildman–Crippen LogP) is 4.56. The van der Waals surface area contributed by atoms with Crippen LogP contribution in [-0.4, -0.2) is 51.6 Å². The van der Waals surface area contributed by atoms with Gasteiger partial charge in [-0.25, -0.2) is 4.79 Å². The molecule has 6 nitrogen and oxygen atoms in total. The number of esters is 2. The third-order valence-corrected chi connectivity index (χ3v) is 4.32. The van der Waals surface area contributed by atoms with Gasteiger partial charge in [-0.3, -0.25) is 4.79 Å². The van der Waals surface area contributed by atoms with E-state index < -0.39 is 0 Å². The fraction of sp³-hybridized carbons (Fsp3) is 0.652. The zero-order valence-corrected chi connectivity index (χ0v) is 17.7. The van der Waals surface area contributed by atoms with Gasteiger partial charge in [0.25, 0.3) is 0 Å². The van der Waals surface area contributed by atoms with Gasteiger partial charge in [0.2, 0.25) is 0 Å². The quantitative estimate of drug-likeness (QED) is 0.262. The first kappa shape index (κ1) is 25.1. The van der Waals surface area contributed by atoms with Crippen molar-refractivity contribution < 1.29 is 28.5 Å². The summed E-state index contributed by atoms with van der Waals surface area (Å²) < 4.78 is 20.9. The highest BCUT2D eigenvalue weighted by Crippen LogP contribution is 2.08. The third kappa shape index (κ3) is 14.7. The fourth-order valence-electron chi connectivity index (χ4n) is 2.69. The molecule has 0 saturated heterocycles. The van der Waals surface area contributed by atoms with Gasteiger partial charge in [0.05, 0.1) is 32.0 Å². The average molecular weight is 409 g/mol. The van der Waals surface area contributed by atoms with Crippen LogP contribution in [0.1, 0.15) is 68.6 Å². The molecule has 0 bridgehead atoms. The van der Waals surface area contributed by atoms with Crippen LogP contribution >= 0.6 is 0 Å². The van der Waals surface area contributed by atoms with Gasteiger partial charge in [0.15, 0.2) is 0 Å². The van der Waals surface area contributed by atoms with Gasteiger partial charge in [-0.15, -0.1) is 0 Å². The van der Waals surface area contributed by atoms with Crippen LogP contribution in [-0.2, 0) is 23.7 Å². The highest BCUT2D eigenvalue weighted by Gasteiger charge is 2.05. The maximum Gasteiger partial charge on any atom is 0.338 e. The summed E-state index contributed by atoms with van der Waals surface area (Å²) in [5.41, 5.74) is 0.525. The number of carbonyl (C=O) groups is 2. The van der Waals surface area contributed by atoms with Crippen LogP contribution in [0.15, 0.2) is 30.3 Å². The van der Waals surface area contributed by atoms with Gasteiger partial charge in [-0.2, -0.15) is 0 Å². The zero-order chi connectivity index (χ0) is 21.0. The molecular formula is C23H36O6. The van der Waals surface area contributed by atoms with E-state index in [1.54, 1.807) is 24.3 Å². The van der Waals surface area contributed by atoms with E-state index in [9.17, 15) is 9.59 Å². The molecule has 0 amide bonds. The van der Waals surface area contributed by atoms with E-state index in [0.717, 1.165) is 12.8 Å². The first-order valence-corrected chi connectivity index (χ1v) is 10.8. The Morgan fingerprint density at radius 1 is 0.690 bits per heavy atom. The predicted molar refractivity (Wildman–Crippen MR) is 112 cm³/mol. The van der Waals surface area contributed by atoms with Gasteiger partial charge in [-0.1, -0.05) is 63.6 Å². The van der Waals surface area contributed by atoms with Crippen molar-refractivity contribution >= 4 is 11.9 Å². The smallest absolute Gasteiger partial charge is 0.338 e. The van der Waals surface area contributed by atoms with Crippen molar-refractivity contribution in [3.05, 3.63) is 35.9 Å². The second kappa shape index (κ2) is 18.1. The van der Waals surface area contributed by atoms with Crippen LogP contribution in [0.4, 0.5) is 0 Å². The molecule has 1 aromatic carbocycles. The normalized spacial score (nSPS) is 10.7. The molecule has 0 aliphatic heterocycles. The minimum Gasteiger partial charge on any atom is -0.463 e. The number of hydrogen-bond donors (Lipinski definition) is 0. The second-order valence-corrected chi connectivity index (χ2v) is 6.82. The molecule has 1 rings (SSSR count). The van der Waals surface area contributed by atoms with Crippen LogP contribution in [0.2, 0.25) is 0 Å². The Labute approximate surface area is 174 Å². The number of unbranched alkanes of at least 4 members (excludes halogenated alkanes) is 6. The van der Waals surface area contributed by atoms with Crippen molar-refractivity contribution in [2.45, 2.75) is 58.3 Å². The molecule has 0 aromatic heterocycles. The Kier molecular flexibility index (Phi) is 15.7. The molecule has 0 fully saturated rings. The lowest BCUT2D eigenvalue weighted by molar-refractivity contribution is -0.145. The number of benzene rings is 1. The van der Waals surface area contributed by atoms with Crippen molar-refractivity contribution in [2.24, 2.45) is 0 Å². The molecule has 0 radical (unpaired) electrons. The summed E-state index contributed by atoms with van der Waals surface area (Å²) in [6, 6.07) is 8.84. The first-order valence-electron chi connectivity index (χ1n) is 10.8. The average Bonchev–Trinajstić information content (AvgIpc) is 2.74. The Hall–Kier alpha value is -1.92. The van der Waals surface area contributed by atoms with E-state index in [1.165, 1.54) is 32.1 Å². The summed E-state index contributed by atoms with van der Waals surface area (Å²) in [6.07, 6.45) is 8.77. The lowest BCUT2D eigenvalue weighted by Crippen LogP contribution is -2.15. The molecule has 0 spiro atoms. The molecule has 29 heavy (non-hydrogen) atoms. The minimum absolute atomic E-state index is 0.154. The van der Waals surface area contributed by atoms with Crippen molar-refractivity contribution in [3.8, 4) is 0 Å². The van der Waals surface area contributed by atoms with Gasteiger partial charge in [0.1, 0.15) is 13.2 Å². The molecule has 0 aliphatic carbocycles. The largest absolute Gasteiger partial charge is 0.463 e. The number of ether oxygens (including phenoxy) is 4. The van der Waals surface area contributed by atoms with Crippen LogP contribution in [0.25, 0.3) is 0 Å². The van der Waals surface area contributed by atoms with Crippen LogP contribution in [0.5, 0.6) is 0 Å². The molecule has 0 aliphatic rings. The standard InChI is InChI=1S/C23H36O6/c1-2-3-4-5-6-7-11-14-22(24)28-19-17-26-15-16-27-18-20-29-23(25)21-12-9-8-10-13-21/h8-10,12-13H,2-7,11,14-20H2,1H3. The molecule has 0 unspecified atom stereocenters. The van der Waals surface area contributed by atoms with Crippen LogP contribution < -0.4 is 0 Å². The van der Waals surface area contributed by atoms with Gasteiger partial charge in [0, 0.05) is 6.42 Å². The lowest BCUT2D eigenvalue weighted by atomic mass is 10.1. The van der Waals surface area contributed by atoms with Gasteiger partial charge in [-0.05, 0) is 18.6 Å². The lowest BCUT2D eigenvalue weighted by Gasteiger charge is -2.08. The summed E-state index contributed by atoms with van der Waals surface area (Å²) in [5, 5.41) is 0. The topological polar surface area (TPSA) is 71.1 Å². The van der Waals surface area contributed by atoms with E-state index in [1.807, 2.05) is 6.07 Å².